The van der Waals surface area contributed by atoms with Gasteiger partial charge >= 0.3 is 0 Å². The van der Waals surface area contributed by atoms with E-state index < -0.39 is 23.7 Å². The second-order valence-electron chi connectivity index (χ2n) is 8.06. The lowest BCUT2D eigenvalue weighted by Gasteiger charge is -2.24. The Labute approximate surface area is 221 Å². The Bertz CT molecular complexity index is 1270. The summed E-state index contributed by atoms with van der Waals surface area (Å²) in [4.78, 5) is 40.2. The highest BCUT2D eigenvalue weighted by atomic mass is 79.9. The summed E-state index contributed by atoms with van der Waals surface area (Å²) in [6, 6.07) is 20.5. The molecule has 3 amide bonds. The van der Waals surface area contributed by atoms with Crippen LogP contribution in [0.1, 0.15) is 22.3 Å². The maximum absolute atomic E-state index is 13.5. The first-order valence-corrected chi connectivity index (χ1v) is 12.3. The summed E-state index contributed by atoms with van der Waals surface area (Å²) in [5, 5.41) is 4.03. The van der Waals surface area contributed by atoms with Gasteiger partial charge in [-0.2, -0.15) is 0 Å². The van der Waals surface area contributed by atoms with Crippen molar-refractivity contribution in [3.63, 3.8) is 0 Å². The van der Waals surface area contributed by atoms with E-state index in [9.17, 15) is 18.8 Å². The van der Waals surface area contributed by atoms with E-state index in [2.05, 4.69) is 26.7 Å². The predicted octanol–water partition coefficient (Wildman–Crippen LogP) is 3.98. The molecule has 1 saturated heterocycles. The first-order valence-electron chi connectivity index (χ1n) is 11.1. The van der Waals surface area contributed by atoms with Crippen molar-refractivity contribution in [1.29, 1.82) is 0 Å². The number of amides is 3. The highest BCUT2D eigenvalue weighted by Crippen LogP contribution is 2.26. The van der Waals surface area contributed by atoms with Crippen molar-refractivity contribution >= 4 is 56.7 Å². The number of nitrogens with one attached hydrogen (secondary N) is 2. The molecule has 3 aromatic rings. The Morgan fingerprint density at radius 2 is 1.64 bits per heavy atom. The summed E-state index contributed by atoms with van der Waals surface area (Å²) >= 11 is 8.83. The zero-order valence-electron chi connectivity index (χ0n) is 19.0. The Hall–Kier alpha value is -3.63. The highest BCUT2D eigenvalue weighted by molar-refractivity contribution is 9.10. The number of hydrogen-bond donors (Lipinski definition) is 2. The normalized spacial score (nSPS) is 15.2. The zero-order valence-corrected chi connectivity index (χ0v) is 21.4. The van der Waals surface area contributed by atoms with Gasteiger partial charge in [-0.15, -0.1) is 0 Å². The number of anilines is 1. The van der Waals surface area contributed by atoms with E-state index in [0.29, 0.717) is 24.2 Å². The summed E-state index contributed by atoms with van der Waals surface area (Å²) in [6.45, 7) is 0.390. The van der Waals surface area contributed by atoms with Crippen LogP contribution in [0.2, 0.25) is 0 Å². The van der Waals surface area contributed by atoms with E-state index in [0.717, 1.165) is 10.0 Å². The van der Waals surface area contributed by atoms with Crippen molar-refractivity contribution in [2.45, 2.75) is 18.9 Å². The van der Waals surface area contributed by atoms with Crippen LogP contribution in [-0.2, 0) is 16.0 Å². The van der Waals surface area contributed by atoms with Crippen LogP contribution in [0, 0.1) is 5.82 Å². The van der Waals surface area contributed by atoms with E-state index in [1.165, 1.54) is 34.2 Å². The van der Waals surface area contributed by atoms with Crippen molar-refractivity contribution in [3.05, 3.63) is 100 Å². The maximum Gasteiger partial charge on any atom is 0.269 e. The van der Waals surface area contributed by atoms with Gasteiger partial charge in [0.15, 0.2) is 0 Å². The van der Waals surface area contributed by atoms with Crippen LogP contribution in [0.15, 0.2) is 83.3 Å². The minimum Gasteiger partial charge on any atom is -0.356 e. The van der Waals surface area contributed by atoms with Crippen LogP contribution in [-0.4, -0.2) is 40.4 Å². The molecule has 4 rings (SSSR count). The average Bonchev–Trinajstić information content (AvgIpc) is 3.09. The largest absolute Gasteiger partial charge is 0.356 e. The maximum atomic E-state index is 13.5. The van der Waals surface area contributed by atoms with Crippen LogP contribution in [0.25, 0.3) is 0 Å². The van der Waals surface area contributed by atoms with Crippen LogP contribution >= 0.6 is 28.1 Å². The number of benzene rings is 3. The van der Waals surface area contributed by atoms with Gasteiger partial charge < -0.3 is 5.32 Å². The van der Waals surface area contributed by atoms with Crippen molar-refractivity contribution in [2.75, 3.05) is 11.4 Å². The Morgan fingerprint density at radius 1 is 0.972 bits per heavy atom. The third-order valence-electron chi connectivity index (χ3n) is 5.59. The molecule has 7 nitrogen and oxygen atoms in total. The van der Waals surface area contributed by atoms with Gasteiger partial charge in [-0.25, -0.2) is 9.40 Å². The van der Waals surface area contributed by atoms with Gasteiger partial charge in [0.05, 0.1) is 12.1 Å². The summed E-state index contributed by atoms with van der Waals surface area (Å²) in [5.41, 5.74) is 4.42. The molecule has 1 atom stereocenters. The number of thiocarbonyl (C=S) groups is 1. The fourth-order valence-electron chi connectivity index (χ4n) is 3.74. The third kappa shape index (κ3) is 5.95. The van der Waals surface area contributed by atoms with E-state index in [1.54, 1.807) is 24.3 Å². The summed E-state index contributed by atoms with van der Waals surface area (Å²) < 4.78 is 14.3. The van der Waals surface area contributed by atoms with E-state index in [1.807, 2.05) is 30.3 Å². The number of carbonyl (C=O) groups excluding carboxylic acids is 3. The summed E-state index contributed by atoms with van der Waals surface area (Å²) in [7, 11) is 0. The molecule has 2 N–H and O–H groups in total. The van der Waals surface area contributed by atoms with Crippen molar-refractivity contribution in [2.24, 2.45) is 0 Å². The highest BCUT2D eigenvalue weighted by Gasteiger charge is 2.45. The molecule has 1 unspecified atom stereocenters. The first-order chi connectivity index (χ1) is 17.3. The van der Waals surface area contributed by atoms with Gasteiger partial charge in [0.25, 0.3) is 11.8 Å². The number of nitrogens with zero attached hydrogens (tertiary/aromatic N) is 2. The van der Waals surface area contributed by atoms with Gasteiger partial charge in [0.2, 0.25) is 11.0 Å². The molecular weight excluding hydrogens is 547 g/mol. The number of hydrogen-bond acceptors (Lipinski definition) is 4. The molecule has 0 saturated carbocycles. The fourth-order valence-corrected chi connectivity index (χ4v) is 4.37. The van der Waals surface area contributed by atoms with Gasteiger partial charge in [0, 0.05) is 16.6 Å². The summed E-state index contributed by atoms with van der Waals surface area (Å²) in [6.07, 6.45) is 0.404. The molecule has 0 spiro atoms. The van der Waals surface area contributed by atoms with Gasteiger partial charge in [-0.3, -0.25) is 24.7 Å². The Kier molecular flexibility index (Phi) is 8.07. The topological polar surface area (TPSA) is 81.8 Å². The van der Waals surface area contributed by atoms with E-state index in [-0.39, 0.29) is 17.4 Å². The molecule has 1 aliphatic rings. The summed E-state index contributed by atoms with van der Waals surface area (Å²) in [5.74, 6) is -1.82. The smallest absolute Gasteiger partial charge is 0.269 e. The Morgan fingerprint density at radius 3 is 2.31 bits per heavy atom. The lowest BCUT2D eigenvalue weighted by molar-refractivity contribution is -0.127. The molecule has 0 radical (unpaired) electrons. The molecule has 0 aliphatic carbocycles. The predicted molar refractivity (Wildman–Crippen MR) is 141 cm³/mol. The molecule has 36 heavy (non-hydrogen) atoms. The van der Waals surface area contributed by atoms with Crippen LogP contribution in [0.5, 0.6) is 0 Å². The quantitative estimate of drug-likeness (QED) is 0.402. The van der Waals surface area contributed by atoms with Crippen LogP contribution in [0.3, 0.4) is 0 Å². The van der Waals surface area contributed by atoms with E-state index >= 15 is 0 Å². The SMILES string of the molecule is O=C(CC1C(=O)N(c2ccc(F)cc2)C(=S)N1NC(=O)c1ccc(Br)cc1)NCCc1ccccc1. The minimum atomic E-state index is -1.07. The van der Waals surface area contributed by atoms with Crippen molar-refractivity contribution in [3.8, 4) is 0 Å². The standard InChI is InChI=1S/C26H22BrFN4O3S/c27-19-8-6-18(7-9-19)24(34)30-32-22(16-23(33)29-15-14-17-4-2-1-3-5-17)25(35)31(26(32)36)21-12-10-20(28)11-13-21/h1-13,22H,14-16H2,(H,29,33)(H,30,34). The molecule has 1 aliphatic heterocycles. The molecule has 1 fully saturated rings. The number of rotatable bonds is 8. The van der Waals surface area contributed by atoms with Gasteiger partial charge in [0.1, 0.15) is 11.9 Å². The number of halogens is 2. The molecule has 10 heteroatoms. The molecule has 0 aromatic heterocycles. The average molecular weight is 569 g/mol. The number of carbonyl (C=O) groups is 3. The first kappa shape index (κ1) is 25.5. The fraction of sp³-hybridized carbons (Fsp3) is 0.154. The van der Waals surface area contributed by atoms with E-state index in [4.69, 9.17) is 12.2 Å². The number of hydrazine groups is 1. The van der Waals surface area contributed by atoms with Crippen molar-refractivity contribution < 1.29 is 18.8 Å². The van der Waals surface area contributed by atoms with Crippen molar-refractivity contribution in [1.82, 2.24) is 15.8 Å². The molecule has 3 aromatic carbocycles. The third-order valence-corrected chi connectivity index (χ3v) is 6.49. The molecule has 184 valence electrons. The lowest BCUT2D eigenvalue weighted by atomic mass is 10.1. The zero-order chi connectivity index (χ0) is 25.7. The molecule has 1 heterocycles. The monoisotopic (exact) mass is 568 g/mol. The second kappa shape index (κ2) is 11.4. The van der Waals surface area contributed by atoms with Gasteiger partial charge in [-0.05, 0) is 72.7 Å². The van der Waals surface area contributed by atoms with Crippen LogP contribution < -0.4 is 15.6 Å². The molecular formula is C26H22BrFN4O3S. The second-order valence-corrected chi connectivity index (χ2v) is 9.34. The van der Waals surface area contributed by atoms with Gasteiger partial charge in [-0.1, -0.05) is 46.3 Å². The Balaban J connectivity index is 1.51. The molecule has 0 bridgehead atoms. The lowest BCUT2D eigenvalue weighted by Crippen LogP contribution is -2.50. The van der Waals surface area contributed by atoms with Crippen LogP contribution in [0.4, 0.5) is 10.1 Å². The minimum absolute atomic E-state index is 0.0147.